The molecule has 2 amide bonds. The number of carbonyl (C=O) groups is 2. The first-order valence-corrected chi connectivity index (χ1v) is 12.6. The molecule has 0 unspecified atom stereocenters. The molecule has 4 aromatic rings. The Balaban J connectivity index is 1.35. The number of hydrogen-bond donors (Lipinski definition) is 1. The van der Waals surface area contributed by atoms with Gasteiger partial charge in [0.1, 0.15) is 11.4 Å². The molecule has 9 heteroatoms. The summed E-state index contributed by atoms with van der Waals surface area (Å²) in [6.45, 7) is 4.16. The summed E-state index contributed by atoms with van der Waals surface area (Å²) >= 11 is 3.03. The maximum absolute atomic E-state index is 13.5. The van der Waals surface area contributed by atoms with Gasteiger partial charge in [0.2, 0.25) is 0 Å². The summed E-state index contributed by atoms with van der Waals surface area (Å²) < 4.78 is 1.82. The zero-order chi connectivity index (χ0) is 23.1. The smallest absolute Gasteiger partial charge is 0.274 e. The molecule has 33 heavy (non-hydrogen) atoms. The first-order chi connectivity index (χ1) is 15.9. The van der Waals surface area contributed by atoms with E-state index in [4.69, 9.17) is 0 Å². The number of thiazole rings is 2. The van der Waals surface area contributed by atoms with Crippen molar-refractivity contribution < 1.29 is 9.59 Å². The van der Waals surface area contributed by atoms with Crippen LogP contribution in [0.3, 0.4) is 0 Å². The van der Waals surface area contributed by atoms with Crippen molar-refractivity contribution in [2.45, 2.75) is 32.7 Å². The van der Waals surface area contributed by atoms with E-state index in [1.807, 2.05) is 67.2 Å². The number of benzene rings is 1. The highest BCUT2D eigenvalue weighted by Gasteiger charge is 2.37. The van der Waals surface area contributed by atoms with Gasteiger partial charge in [-0.1, -0.05) is 30.3 Å². The molecule has 1 atom stereocenters. The molecule has 1 aromatic carbocycles. The van der Waals surface area contributed by atoms with Gasteiger partial charge >= 0.3 is 0 Å². The minimum atomic E-state index is -0.167. The Morgan fingerprint density at radius 2 is 1.97 bits per heavy atom. The number of rotatable bonds is 7. The van der Waals surface area contributed by atoms with Crippen molar-refractivity contribution in [1.29, 1.82) is 0 Å². The van der Waals surface area contributed by atoms with E-state index < -0.39 is 0 Å². The molecule has 1 saturated carbocycles. The lowest BCUT2D eigenvalue weighted by Gasteiger charge is -2.28. The number of nitrogens with one attached hydrogen (secondary N) is 1. The van der Waals surface area contributed by atoms with E-state index in [9.17, 15) is 9.59 Å². The van der Waals surface area contributed by atoms with Gasteiger partial charge in [-0.2, -0.15) is 0 Å². The highest BCUT2D eigenvalue weighted by Crippen LogP contribution is 2.37. The number of aromatic nitrogens is 3. The number of likely N-dealkylation sites (N-methyl/N-ethyl adjacent to an activating group) is 1. The number of nitrogens with zero attached hydrogens (tertiary/aromatic N) is 4. The van der Waals surface area contributed by atoms with Crippen LogP contribution in [0.5, 0.6) is 0 Å². The molecule has 0 radical (unpaired) electrons. The Morgan fingerprint density at radius 1 is 1.21 bits per heavy atom. The summed E-state index contributed by atoms with van der Waals surface area (Å²) in [6, 6.07) is 9.81. The number of fused-ring (bicyclic) bond motifs is 1. The van der Waals surface area contributed by atoms with Crippen LogP contribution in [-0.2, 0) is 0 Å². The van der Waals surface area contributed by atoms with Gasteiger partial charge in [0.05, 0.1) is 21.6 Å². The second-order valence-electron chi connectivity index (χ2n) is 8.41. The van der Waals surface area contributed by atoms with Crippen LogP contribution in [0.15, 0.2) is 41.9 Å². The molecule has 170 valence electrons. The molecule has 0 saturated heterocycles. The summed E-state index contributed by atoms with van der Waals surface area (Å²) in [6.07, 6.45) is 3.97. The number of aryl methyl sites for hydroxylation is 2. The summed E-state index contributed by atoms with van der Waals surface area (Å²) in [5.74, 6) is 0.108. The molecule has 3 heterocycles. The maximum Gasteiger partial charge on any atom is 0.274 e. The fourth-order valence-corrected chi connectivity index (χ4v) is 5.90. The predicted octanol–water partition coefficient (Wildman–Crippen LogP) is 4.42. The third kappa shape index (κ3) is 4.18. The minimum absolute atomic E-state index is 0.0849. The van der Waals surface area contributed by atoms with Crippen LogP contribution in [0.4, 0.5) is 0 Å². The highest BCUT2D eigenvalue weighted by molar-refractivity contribution is 7.15. The molecular formula is C24H25N5O2S2. The second-order valence-corrected chi connectivity index (χ2v) is 10.5. The van der Waals surface area contributed by atoms with E-state index in [0.29, 0.717) is 29.5 Å². The van der Waals surface area contributed by atoms with Crippen LogP contribution in [0.2, 0.25) is 0 Å². The lowest BCUT2D eigenvalue weighted by molar-refractivity contribution is 0.0694. The van der Waals surface area contributed by atoms with Crippen LogP contribution < -0.4 is 5.32 Å². The Labute approximate surface area is 200 Å². The quantitative estimate of drug-likeness (QED) is 0.426. The topological polar surface area (TPSA) is 79.6 Å². The standard InChI is InChI=1S/C24H25N5O2S2/c1-14-20(29-11-12-32-24(29)26-14)22(30)25-13-18(16-9-10-16)28(3)23(31)19-21(33-15(2)27-19)17-7-5-4-6-8-17/h4-8,11-12,16,18H,9-10,13H2,1-3H3,(H,25,30)/t18-/m1/s1. The Morgan fingerprint density at radius 3 is 2.70 bits per heavy atom. The van der Waals surface area contributed by atoms with Gasteiger partial charge < -0.3 is 10.2 Å². The van der Waals surface area contributed by atoms with Crippen molar-refractivity contribution in [3.63, 3.8) is 0 Å². The van der Waals surface area contributed by atoms with Gasteiger partial charge in [-0.15, -0.1) is 22.7 Å². The summed E-state index contributed by atoms with van der Waals surface area (Å²) in [5, 5.41) is 5.84. The van der Waals surface area contributed by atoms with Gasteiger partial charge in [0.25, 0.3) is 11.8 Å². The van der Waals surface area contributed by atoms with Crippen molar-refractivity contribution in [3.8, 4) is 10.4 Å². The lowest BCUT2D eigenvalue weighted by Crippen LogP contribution is -2.46. The molecule has 1 aliphatic carbocycles. The third-order valence-corrected chi connectivity index (χ3v) is 7.86. The summed E-state index contributed by atoms with van der Waals surface area (Å²) in [4.78, 5) is 39.0. The first-order valence-electron chi connectivity index (χ1n) is 10.9. The molecule has 0 spiro atoms. The van der Waals surface area contributed by atoms with E-state index in [1.54, 1.807) is 4.90 Å². The van der Waals surface area contributed by atoms with E-state index in [-0.39, 0.29) is 17.9 Å². The molecule has 0 bridgehead atoms. The molecule has 5 rings (SSSR count). The Hall–Kier alpha value is -3.04. The SMILES string of the molecule is Cc1nc(C(=O)N(C)[C@H](CNC(=O)c2c(C)nc3sccn23)C2CC2)c(-c2ccccc2)s1. The average Bonchev–Trinajstić information content (AvgIpc) is 3.28. The maximum atomic E-state index is 13.5. The monoisotopic (exact) mass is 479 g/mol. The van der Waals surface area contributed by atoms with E-state index >= 15 is 0 Å². The van der Waals surface area contributed by atoms with Gasteiger partial charge in [0.15, 0.2) is 4.96 Å². The van der Waals surface area contributed by atoms with Crippen LogP contribution in [0.1, 0.15) is 44.5 Å². The molecule has 1 aliphatic rings. The van der Waals surface area contributed by atoms with Gasteiger partial charge in [-0.3, -0.25) is 14.0 Å². The van der Waals surface area contributed by atoms with Crippen LogP contribution >= 0.6 is 22.7 Å². The zero-order valence-corrected chi connectivity index (χ0v) is 20.4. The predicted molar refractivity (Wildman–Crippen MR) is 131 cm³/mol. The molecular weight excluding hydrogens is 454 g/mol. The average molecular weight is 480 g/mol. The lowest BCUT2D eigenvalue weighted by atomic mass is 10.1. The van der Waals surface area contributed by atoms with Crippen molar-refractivity contribution in [3.05, 3.63) is 64.0 Å². The number of amides is 2. The Bertz CT molecular complexity index is 1320. The van der Waals surface area contributed by atoms with Crippen molar-refractivity contribution >= 4 is 39.4 Å². The zero-order valence-electron chi connectivity index (χ0n) is 18.7. The Kier molecular flexibility index (Phi) is 5.76. The van der Waals surface area contributed by atoms with E-state index in [0.717, 1.165) is 33.3 Å². The molecule has 7 nitrogen and oxygen atoms in total. The fraction of sp³-hybridized carbons (Fsp3) is 0.333. The summed E-state index contributed by atoms with van der Waals surface area (Å²) in [5.41, 5.74) is 2.73. The third-order valence-electron chi connectivity index (χ3n) is 6.08. The van der Waals surface area contributed by atoms with Crippen LogP contribution in [0, 0.1) is 19.8 Å². The number of hydrogen-bond acceptors (Lipinski definition) is 6. The van der Waals surface area contributed by atoms with Gasteiger partial charge in [-0.05, 0) is 38.2 Å². The summed E-state index contributed by atoms with van der Waals surface area (Å²) in [7, 11) is 1.82. The highest BCUT2D eigenvalue weighted by atomic mass is 32.1. The van der Waals surface area contributed by atoms with Crippen LogP contribution in [-0.4, -0.2) is 50.7 Å². The molecule has 1 N–H and O–H groups in total. The van der Waals surface area contributed by atoms with Crippen molar-refractivity contribution in [2.75, 3.05) is 13.6 Å². The number of imidazole rings is 1. The second kappa shape index (κ2) is 8.72. The van der Waals surface area contributed by atoms with E-state index in [1.165, 1.54) is 22.7 Å². The van der Waals surface area contributed by atoms with E-state index in [2.05, 4.69) is 15.3 Å². The van der Waals surface area contributed by atoms with Crippen molar-refractivity contribution in [2.24, 2.45) is 5.92 Å². The molecule has 3 aromatic heterocycles. The largest absolute Gasteiger partial charge is 0.349 e. The molecule has 0 aliphatic heterocycles. The molecule has 1 fully saturated rings. The normalized spacial score (nSPS) is 14.4. The van der Waals surface area contributed by atoms with Gasteiger partial charge in [-0.25, -0.2) is 9.97 Å². The van der Waals surface area contributed by atoms with Crippen LogP contribution in [0.25, 0.3) is 15.4 Å². The van der Waals surface area contributed by atoms with Gasteiger partial charge in [0, 0.05) is 25.2 Å². The fourth-order valence-electron chi connectivity index (χ4n) is 4.22. The number of carbonyl (C=O) groups excluding carboxylic acids is 2. The first kappa shape index (κ1) is 21.8. The van der Waals surface area contributed by atoms with Crippen molar-refractivity contribution in [1.82, 2.24) is 24.6 Å². The minimum Gasteiger partial charge on any atom is -0.349 e.